The Hall–Kier alpha value is -2.09. The van der Waals surface area contributed by atoms with E-state index in [9.17, 15) is 13.2 Å². The summed E-state index contributed by atoms with van der Waals surface area (Å²) in [7, 11) is -2.10. The van der Waals surface area contributed by atoms with Crippen LogP contribution in [0.1, 0.15) is 28.8 Å². The van der Waals surface area contributed by atoms with Gasteiger partial charge in [-0.15, -0.1) is 0 Å². The lowest BCUT2D eigenvalue weighted by Gasteiger charge is -2.17. The van der Waals surface area contributed by atoms with Gasteiger partial charge in [0.15, 0.2) is 0 Å². The summed E-state index contributed by atoms with van der Waals surface area (Å²) in [5.41, 5.74) is 1.16. The number of ether oxygens (including phenoxy) is 1. The van der Waals surface area contributed by atoms with Gasteiger partial charge >= 0.3 is 0 Å². The number of rotatable bonds is 6. The molecule has 1 heterocycles. The Morgan fingerprint density at radius 1 is 1.15 bits per heavy atom. The zero-order valence-electron chi connectivity index (χ0n) is 14.9. The smallest absolute Gasteiger partial charge is 0.251 e. The third-order valence-electron chi connectivity index (χ3n) is 4.49. The summed E-state index contributed by atoms with van der Waals surface area (Å²) in [6.45, 7) is 1.28. The molecule has 27 heavy (non-hydrogen) atoms. The van der Waals surface area contributed by atoms with Crippen molar-refractivity contribution in [2.45, 2.75) is 24.3 Å². The molecule has 0 radical (unpaired) electrons. The molecule has 0 unspecified atom stereocenters. The predicted molar refractivity (Wildman–Crippen MR) is 104 cm³/mol. The first kappa shape index (κ1) is 19.7. The van der Waals surface area contributed by atoms with Gasteiger partial charge in [-0.1, -0.05) is 23.7 Å². The average Bonchev–Trinajstić information content (AvgIpc) is 3.22. The molecule has 1 aliphatic rings. The molecule has 0 aromatic heterocycles. The molecule has 0 spiro atoms. The Kier molecular flexibility index (Phi) is 6.04. The highest BCUT2D eigenvalue weighted by molar-refractivity contribution is 7.89. The van der Waals surface area contributed by atoms with E-state index in [-0.39, 0.29) is 21.4 Å². The Labute approximate surface area is 164 Å². The third-order valence-corrected chi connectivity index (χ3v) is 6.87. The van der Waals surface area contributed by atoms with E-state index in [0.29, 0.717) is 19.6 Å². The fraction of sp³-hybridized carbons (Fsp3) is 0.316. The molecule has 3 rings (SSSR count). The van der Waals surface area contributed by atoms with Crippen molar-refractivity contribution in [3.63, 3.8) is 0 Å². The van der Waals surface area contributed by atoms with Crippen LogP contribution in [0.5, 0.6) is 5.75 Å². The van der Waals surface area contributed by atoms with E-state index in [4.69, 9.17) is 16.3 Å². The quantitative estimate of drug-likeness (QED) is 0.797. The minimum absolute atomic E-state index is 0.0248. The lowest BCUT2D eigenvalue weighted by atomic mass is 10.2. The fourth-order valence-corrected chi connectivity index (χ4v) is 4.96. The Morgan fingerprint density at radius 2 is 1.81 bits per heavy atom. The van der Waals surface area contributed by atoms with Crippen LogP contribution in [0.4, 0.5) is 0 Å². The molecule has 1 amide bonds. The molecule has 1 fully saturated rings. The number of halogens is 1. The first-order chi connectivity index (χ1) is 12.9. The molecule has 144 valence electrons. The summed E-state index contributed by atoms with van der Waals surface area (Å²) in [4.78, 5) is 12.4. The van der Waals surface area contributed by atoms with Crippen LogP contribution in [-0.4, -0.2) is 38.8 Å². The van der Waals surface area contributed by atoms with Gasteiger partial charge in [0, 0.05) is 25.2 Å². The summed E-state index contributed by atoms with van der Waals surface area (Å²) >= 11 is 6.12. The molecule has 6 nitrogen and oxygen atoms in total. The molecule has 1 aliphatic heterocycles. The topological polar surface area (TPSA) is 75.7 Å². The maximum Gasteiger partial charge on any atom is 0.251 e. The molecule has 1 N–H and O–H groups in total. The highest BCUT2D eigenvalue weighted by atomic mass is 35.5. The van der Waals surface area contributed by atoms with Gasteiger partial charge in [-0.25, -0.2) is 8.42 Å². The van der Waals surface area contributed by atoms with Gasteiger partial charge in [0.25, 0.3) is 5.91 Å². The standard InChI is InChI=1S/C19H21ClN2O4S/c1-26-16-7-4-14(5-8-16)13-21-19(23)15-6-9-17(20)18(12-15)27(24,25)22-10-2-3-11-22/h4-9,12H,2-3,10-11,13H2,1H3,(H,21,23). The van der Waals surface area contributed by atoms with Crippen molar-refractivity contribution in [2.75, 3.05) is 20.2 Å². The first-order valence-electron chi connectivity index (χ1n) is 8.62. The van der Waals surface area contributed by atoms with E-state index in [0.717, 1.165) is 24.2 Å². The third kappa shape index (κ3) is 4.43. The van der Waals surface area contributed by atoms with Crippen LogP contribution in [0, 0.1) is 0 Å². The van der Waals surface area contributed by atoms with Crippen molar-refractivity contribution in [1.82, 2.24) is 9.62 Å². The number of amides is 1. The number of sulfonamides is 1. The minimum atomic E-state index is -3.69. The van der Waals surface area contributed by atoms with Crippen LogP contribution >= 0.6 is 11.6 Å². The largest absolute Gasteiger partial charge is 0.497 e. The lowest BCUT2D eigenvalue weighted by Crippen LogP contribution is -2.29. The van der Waals surface area contributed by atoms with E-state index in [1.807, 2.05) is 24.3 Å². The lowest BCUT2D eigenvalue weighted by molar-refractivity contribution is 0.0950. The number of benzene rings is 2. The second-order valence-electron chi connectivity index (χ2n) is 6.29. The van der Waals surface area contributed by atoms with Crippen molar-refractivity contribution in [3.05, 3.63) is 58.6 Å². The van der Waals surface area contributed by atoms with Crippen molar-refractivity contribution < 1.29 is 17.9 Å². The van der Waals surface area contributed by atoms with Gasteiger partial charge < -0.3 is 10.1 Å². The van der Waals surface area contributed by atoms with Gasteiger partial charge in [0.1, 0.15) is 10.6 Å². The van der Waals surface area contributed by atoms with Gasteiger partial charge in [-0.05, 0) is 48.7 Å². The zero-order valence-corrected chi connectivity index (χ0v) is 16.5. The van der Waals surface area contributed by atoms with Crippen LogP contribution in [0.15, 0.2) is 47.4 Å². The highest BCUT2D eigenvalue weighted by Crippen LogP contribution is 2.28. The summed E-state index contributed by atoms with van der Waals surface area (Å²) in [6, 6.07) is 11.6. The molecule has 0 atom stereocenters. The Bertz CT molecular complexity index is 923. The van der Waals surface area contributed by atoms with Crippen LogP contribution in [0.3, 0.4) is 0 Å². The number of nitrogens with zero attached hydrogens (tertiary/aromatic N) is 1. The molecule has 0 saturated carbocycles. The number of carbonyl (C=O) groups excluding carboxylic acids is 1. The Morgan fingerprint density at radius 3 is 2.44 bits per heavy atom. The summed E-state index contributed by atoms with van der Waals surface area (Å²) in [5.74, 6) is 0.375. The number of carbonyl (C=O) groups is 1. The molecule has 8 heteroatoms. The van der Waals surface area contributed by atoms with E-state index < -0.39 is 10.0 Å². The number of methoxy groups -OCH3 is 1. The monoisotopic (exact) mass is 408 g/mol. The average molecular weight is 409 g/mol. The van der Waals surface area contributed by atoms with Crippen molar-refractivity contribution in [2.24, 2.45) is 0 Å². The normalized spacial score (nSPS) is 14.9. The number of hydrogen-bond donors (Lipinski definition) is 1. The predicted octanol–water partition coefficient (Wildman–Crippen LogP) is 3.06. The molecule has 0 bridgehead atoms. The van der Waals surface area contributed by atoms with E-state index in [1.165, 1.54) is 22.5 Å². The molecule has 1 saturated heterocycles. The van der Waals surface area contributed by atoms with E-state index in [2.05, 4.69) is 5.32 Å². The van der Waals surface area contributed by atoms with Crippen LogP contribution in [0.2, 0.25) is 5.02 Å². The SMILES string of the molecule is COc1ccc(CNC(=O)c2ccc(Cl)c(S(=O)(=O)N3CCCC3)c2)cc1. The highest BCUT2D eigenvalue weighted by Gasteiger charge is 2.29. The summed E-state index contributed by atoms with van der Waals surface area (Å²) in [6.07, 6.45) is 1.66. The van der Waals surface area contributed by atoms with Crippen LogP contribution < -0.4 is 10.1 Å². The van der Waals surface area contributed by atoms with Gasteiger partial charge in [-0.3, -0.25) is 4.79 Å². The molecule has 0 aliphatic carbocycles. The maximum absolute atomic E-state index is 12.8. The second kappa shape index (κ2) is 8.29. The first-order valence-corrected chi connectivity index (χ1v) is 10.4. The van der Waals surface area contributed by atoms with Gasteiger partial charge in [-0.2, -0.15) is 4.31 Å². The fourth-order valence-electron chi connectivity index (χ4n) is 2.94. The van der Waals surface area contributed by atoms with E-state index in [1.54, 1.807) is 7.11 Å². The Balaban J connectivity index is 1.75. The minimum Gasteiger partial charge on any atom is -0.497 e. The van der Waals surface area contributed by atoms with Crippen LogP contribution in [-0.2, 0) is 16.6 Å². The second-order valence-corrected chi connectivity index (χ2v) is 8.60. The molecule has 2 aromatic carbocycles. The van der Waals surface area contributed by atoms with Crippen LogP contribution in [0.25, 0.3) is 0 Å². The van der Waals surface area contributed by atoms with Gasteiger partial charge in [0.05, 0.1) is 12.1 Å². The molecule has 2 aromatic rings. The molecular formula is C19H21ClN2O4S. The van der Waals surface area contributed by atoms with Crippen molar-refractivity contribution in [3.8, 4) is 5.75 Å². The van der Waals surface area contributed by atoms with Gasteiger partial charge in [0.2, 0.25) is 10.0 Å². The maximum atomic E-state index is 12.8. The summed E-state index contributed by atoms with van der Waals surface area (Å²) < 4.78 is 32.0. The van der Waals surface area contributed by atoms with Crippen molar-refractivity contribution in [1.29, 1.82) is 0 Å². The summed E-state index contributed by atoms with van der Waals surface area (Å²) in [5, 5.41) is 2.91. The van der Waals surface area contributed by atoms with E-state index >= 15 is 0 Å². The zero-order chi connectivity index (χ0) is 19.4. The number of hydrogen-bond acceptors (Lipinski definition) is 4. The number of nitrogens with one attached hydrogen (secondary N) is 1. The molecular weight excluding hydrogens is 388 g/mol. The van der Waals surface area contributed by atoms with Crippen molar-refractivity contribution >= 4 is 27.5 Å².